The van der Waals surface area contributed by atoms with E-state index in [-0.39, 0.29) is 11.9 Å². The minimum atomic E-state index is -0.262. The smallest absolute Gasteiger partial charge is 0.247 e. The summed E-state index contributed by atoms with van der Waals surface area (Å²) in [6, 6.07) is 16.6. The highest BCUT2D eigenvalue weighted by atomic mass is 16.7. The first kappa shape index (κ1) is 35.0. The number of anilines is 6. The van der Waals surface area contributed by atoms with Gasteiger partial charge in [-0.05, 0) is 75.3 Å². The van der Waals surface area contributed by atoms with Crippen molar-refractivity contribution in [2.24, 2.45) is 0 Å². The van der Waals surface area contributed by atoms with E-state index in [1.54, 1.807) is 13.4 Å². The molecule has 0 bridgehead atoms. The highest BCUT2D eigenvalue weighted by Crippen LogP contribution is 2.40. The van der Waals surface area contributed by atoms with Crippen molar-refractivity contribution in [3.63, 3.8) is 0 Å². The molecule has 1 saturated carbocycles. The maximum atomic E-state index is 12.7. The van der Waals surface area contributed by atoms with Crippen LogP contribution >= 0.6 is 0 Å². The summed E-state index contributed by atoms with van der Waals surface area (Å²) in [4.78, 5) is 37.8. The molecule has 0 spiro atoms. The largest absolute Gasteiger partial charge is 0.494 e. The fourth-order valence-corrected chi connectivity index (χ4v) is 7.99. The molecule has 2 atom stereocenters. The normalized spacial score (nSPS) is 21.8. The van der Waals surface area contributed by atoms with Gasteiger partial charge in [-0.1, -0.05) is 18.7 Å². The van der Waals surface area contributed by atoms with Crippen molar-refractivity contribution in [3.05, 3.63) is 67.0 Å². The number of nitrogens with zero attached hydrogens (tertiary/aromatic N) is 7. The van der Waals surface area contributed by atoms with Crippen LogP contribution in [0.2, 0.25) is 0 Å². The molecule has 272 valence electrons. The predicted molar refractivity (Wildman–Crippen MR) is 204 cm³/mol. The van der Waals surface area contributed by atoms with Crippen LogP contribution in [0.1, 0.15) is 44.6 Å². The van der Waals surface area contributed by atoms with Crippen molar-refractivity contribution in [1.29, 1.82) is 0 Å². The summed E-state index contributed by atoms with van der Waals surface area (Å²) >= 11 is 0. The molecule has 2 N–H and O–H groups in total. The molecule has 51 heavy (non-hydrogen) atoms. The molecule has 1 aliphatic carbocycles. The Hall–Kier alpha value is -4.39. The highest BCUT2D eigenvalue weighted by Gasteiger charge is 2.37. The first-order valence-corrected chi connectivity index (χ1v) is 18.5. The number of piperazine rings is 1. The first-order valence-electron chi connectivity index (χ1n) is 18.5. The van der Waals surface area contributed by atoms with Crippen LogP contribution in [0.25, 0.3) is 0 Å². The van der Waals surface area contributed by atoms with Gasteiger partial charge in [-0.3, -0.25) is 19.4 Å². The van der Waals surface area contributed by atoms with E-state index in [9.17, 15) is 4.79 Å². The SMILES string of the molecule is C=CC(=O)Nc1cc(Nc2cc(N3OCC[C@@H]3Cc3cccc(N(C)C)c3)ncn2)c(OC)cc1N1CCC(N2CCN(C3CC3)[C@@H](C)C2)CC1. The molecule has 3 aliphatic heterocycles. The summed E-state index contributed by atoms with van der Waals surface area (Å²) in [5.41, 5.74) is 4.74. The van der Waals surface area contributed by atoms with Crippen LogP contribution < -0.4 is 30.2 Å². The molecule has 4 aliphatic rings. The summed E-state index contributed by atoms with van der Waals surface area (Å²) in [5, 5.41) is 8.40. The number of nitrogens with one attached hydrogen (secondary N) is 2. The van der Waals surface area contributed by atoms with E-state index in [1.165, 1.54) is 36.7 Å². The summed E-state index contributed by atoms with van der Waals surface area (Å²) in [6.07, 6.45) is 9.48. The number of methoxy groups -OCH3 is 1. The molecule has 0 unspecified atom stereocenters. The molecule has 12 heteroatoms. The van der Waals surface area contributed by atoms with E-state index in [0.717, 1.165) is 63.6 Å². The third-order valence-corrected chi connectivity index (χ3v) is 10.9. The standard InChI is InChI=1S/C39H53N9O3/c1-6-39(49)43-33-22-34(36(50-5)23-35(33)45-15-12-29(13-16-45)46-17-18-47(27(2)25-46)30-10-11-30)42-37-24-38(41-26-40-37)48-32(14-19-51-48)21-28-8-7-9-31(20-28)44(3)4/h6-9,20,22-24,26-27,29-30,32H,1,10-19,21,25H2,2-5H3,(H,43,49)(H,40,41,42)/t27-,32+/m0/s1. The van der Waals surface area contributed by atoms with Crippen LogP contribution in [0, 0.1) is 0 Å². The van der Waals surface area contributed by atoms with Crippen LogP contribution in [-0.2, 0) is 16.1 Å². The number of carbonyl (C=O) groups excluding carboxylic acids is 1. The summed E-state index contributed by atoms with van der Waals surface area (Å²) in [5.74, 6) is 1.67. The zero-order chi connectivity index (χ0) is 35.5. The molecule has 7 rings (SSSR count). The van der Waals surface area contributed by atoms with E-state index >= 15 is 0 Å². The molecule has 1 aromatic heterocycles. The molecule has 1 amide bonds. The van der Waals surface area contributed by atoms with Gasteiger partial charge in [-0.2, -0.15) is 0 Å². The monoisotopic (exact) mass is 695 g/mol. The lowest BCUT2D eigenvalue weighted by Crippen LogP contribution is -2.57. The number of amides is 1. The average molecular weight is 696 g/mol. The number of aromatic nitrogens is 2. The fourth-order valence-electron chi connectivity index (χ4n) is 7.99. The molecular weight excluding hydrogens is 642 g/mol. The Labute approximate surface area is 302 Å². The molecule has 0 radical (unpaired) electrons. The topological polar surface area (TPSA) is 102 Å². The summed E-state index contributed by atoms with van der Waals surface area (Å²) in [6.45, 7) is 12.0. The Morgan fingerprint density at radius 1 is 1.02 bits per heavy atom. The second kappa shape index (κ2) is 15.5. The van der Waals surface area contributed by atoms with Gasteiger partial charge in [0.25, 0.3) is 0 Å². The van der Waals surface area contributed by atoms with E-state index in [1.807, 2.05) is 23.3 Å². The van der Waals surface area contributed by atoms with Crippen molar-refractivity contribution in [2.45, 2.75) is 69.6 Å². The summed E-state index contributed by atoms with van der Waals surface area (Å²) < 4.78 is 5.92. The van der Waals surface area contributed by atoms with Gasteiger partial charge in [-0.25, -0.2) is 15.0 Å². The molecular formula is C39H53N9O3. The lowest BCUT2D eigenvalue weighted by molar-refractivity contribution is -0.111. The quantitative estimate of drug-likeness (QED) is 0.241. The van der Waals surface area contributed by atoms with Gasteiger partial charge in [0.1, 0.15) is 17.9 Å². The second-order valence-corrected chi connectivity index (χ2v) is 14.6. The van der Waals surface area contributed by atoms with Gasteiger partial charge in [0, 0.05) is 82.8 Å². The number of hydrogen-bond donors (Lipinski definition) is 2. The number of benzene rings is 2. The third kappa shape index (κ3) is 8.08. The lowest BCUT2D eigenvalue weighted by Gasteiger charge is -2.46. The molecule has 4 fully saturated rings. The third-order valence-electron chi connectivity index (χ3n) is 10.9. The minimum Gasteiger partial charge on any atom is -0.494 e. The van der Waals surface area contributed by atoms with Crippen molar-refractivity contribution < 1.29 is 14.4 Å². The minimum absolute atomic E-state index is 0.139. The first-order chi connectivity index (χ1) is 24.8. The molecule has 2 aromatic carbocycles. The zero-order valence-corrected chi connectivity index (χ0v) is 30.6. The Bertz CT molecular complexity index is 1690. The maximum absolute atomic E-state index is 12.7. The molecule has 3 aromatic rings. The number of carbonyl (C=O) groups is 1. The van der Waals surface area contributed by atoms with E-state index in [0.29, 0.717) is 47.5 Å². The van der Waals surface area contributed by atoms with Crippen molar-refractivity contribution in [2.75, 3.05) is 86.0 Å². The molecule has 3 saturated heterocycles. The molecule has 4 heterocycles. The number of hydroxylamine groups is 1. The van der Waals surface area contributed by atoms with Gasteiger partial charge in [0.05, 0.1) is 36.8 Å². The fraction of sp³-hybridized carbons (Fsp3) is 0.513. The second-order valence-electron chi connectivity index (χ2n) is 14.6. The van der Waals surface area contributed by atoms with Gasteiger partial charge < -0.3 is 25.2 Å². The number of hydrogen-bond acceptors (Lipinski definition) is 11. The predicted octanol–water partition coefficient (Wildman–Crippen LogP) is 5.31. The average Bonchev–Trinajstić information content (AvgIpc) is 3.89. The van der Waals surface area contributed by atoms with Crippen molar-refractivity contribution >= 4 is 40.3 Å². The Morgan fingerprint density at radius 3 is 2.57 bits per heavy atom. The highest BCUT2D eigenvalue weighted by molar-refractivity contribution is 6.02. The van der Waals surface area contributed by atoms with E-state index in [4.69, 9.17) is 9.57 Å². The van der Waals surface area contributed by atoms with Crippen LogP contribution in [-0.4, -0.2) is 110 Å². The van der Waals surface area contributed by atoms with E-state index in [2.05, 4.69) is 92.1 Å². The van der Waals surface area contributed by atoms with Crippen LogP contribution in [0.4, 0.5) is 34.4 Å². The van der Waals surface area contributed by atoms with Gasteiger partial charge in [-0.15, -0.1) is 0 Å². The number of piperidine rings is 1. The van der Waals surface area contributed by atoms with E-state index < -0.39 is 0 Å². The van der Waals surface area contributed by atoms with Crippen LogP contribution in [0.15, 0.2) is 61.4 Å². The summed E-state index contributed by atoms with van der Waals surface area (Å²) in [7, 11) is 5.78. The van der Waals surface area contributed by atoms with Crippen molar-refractivity contribution in [1.82, 2.24) is 19.8 Å². The zero-order valence-electron chi connectivity index (χ0n) is 30.6. The Balaban J connectivity index is 1.06. The lowest BCUT2D eigenvalue weighted by atomic mass is 9.99. The van der Waals surface area contributed by atoms with Gasteiger partial charge in [0.2, 0.25) is 5.91 Å². The van der Waals surface area contributed by atoms with Gasteiger partial charge in [0.15, 0.2) is 5.82 Å². The van der Waals surface area contributed by atoms with Crippen molar-refractivity contribution in [3.8, 4) is 5.75 Å². The Morgan fingerprint density at radius 2 is 1.84 bits per heavy atom. The maximum Gasteiger partial charge on any atom is 0.247 e. The van der Waals surface area contributed by atoms with Crippen LogP contribution in [0.5, 0.6) is 5.75 Å². The van der Waals surface area contributed by atoms with Crippen LogP contribution in [0.3, 0.4) is 0 Å². The number of ether oxygens (including phenoxy) is 1. The Kier molecular flexibility index (Phi) is 10.6. The molecule has 12 nitrogen and oxygen atoms in total. The van der Waals surface area contributed by atoms with Gasteiger partial charge >= 0.3 is 0 Å². The number of rotatable bonds is 12.